The number of anilines is 1. The van der Waals surface area contributed by atoms with Crippen LogP contribution in [0.1, 0.15) is 24.4 Å². The number of ether oxygens (including phenoxy) is 1. The zero-order chi connectivity index (χ0) is 20.1. The summed E-state index contributed by atoms with van der Waals surface area (Å²) in [6.45, 7) is 3.31. The number of urea groups is 1. The molecule has 9 nitrogen and oxygen atoms in total. The molecule has 2 aromatic rings. The van der Waals surface area contributed by atoms with Gasteiger partial charge in [0.1, 0.15) is 0 Å². The van der Waals surface area contributed by atoms with Crippen LogP contribution in [0.3, 0.4) is 0 Å². The van der Waals surface area contributed by atoms with Crippen LogP contribution in [0, 0.1) is 0 Å². The molecule has 2 fully saturated rings. The minimum absolute atomic E-state index is 0.104. The van der Waals surface area contributed by atoms with Crippen LogP contribution in [0.2, 0.25) is 0 Å². The van der Waals surface area contributed by atoms with Gasteiger partial charge in [-0.3, -0.25) is 14.7 Å². The van der Waals surface area contributed by atoms with E-state index in [4.69, 9.17) is 4.74 Å². The van der Waals surface area contributed by atoms with E-state index in [-0.39, 0.29) is 11.7 Å². The first kappa shape index (κ1) is 19.7. The summed E-state index contributed by atoms with van der Waals surface area (Å²) in [4.78, 5) is 26.3. The topological polar surface area (TPSA) is 101 Å². The van der Waals surface area contributed by atoms with Crippen molar-refractivity contribution in [3.05, 3.63) is 35.9 Å². The van der Waals surface area contributed by atoms with Crippen molar-refractivity contribution in [2.24, 2.45) is 0 Å². The molecular formula is C19H24N6O3S. The van der Waals surface area contributed by atoms with E-state index in [1.807, 2.05) is 30.3 Å². The molecule has 3 amide bonds. The van der Waals surface area contributed by atoms with Crippen LogP contribution in [0.15, 0.2) is 35.5 Å². The Bertz CT molecular complexity index is 849. The van der Waals surface area contributed by atoms with Gasteiger partial charge in [0, 0.05) is 25.7 Å². The fourth-order valence-corrected chi connectivity index (χ4v) is 3.91. The molecule has 0 spiro atoms. The number of aromatic nitrogens is 3. The Morgan fingerprint density at radius 2 is 1.90 bits per heavy atom. The summed E-state index contributed by atoms with van der Waals surface area (Å²) >= 11 is 1.30. The van der Waals surface area contributed by atoms with Gasteiger partial charge < -0.3 is 15.0 Å². The quantitative estimate of drug-likeness (QED) is 0.661. The number of morpholine rings is 1. The predicted octanol–water partition coefficient (Wildman–Crippen LogP) is 1.57. The third-order valence-electron chi connectivity index (χ3n) is 4.73. The number of amides is 3. The summed E-state index contributed by atoms with van der Waals surface area (Å²) in [5.41, 5.74) is 0.970. The maximum atomic E-state index is 12.2. The van der Waals surface area contributed by atoms with E-state index < -0.39 is 6.03 Å². The van der Waals surface area contributed by atoms with Crippen LogP contribution >= 0.6 is 11.8 Å². The van der Waals surface area contributed by atoms with Gasteiger partial charge in [0.2, 0.25) is 11.9 Å². The molecule has 1 aliphatic carbocycles. The lowest BCUT2D eigenvalue weighted by atomic mass is 10.2. The van der Waals surface area contributed by atoms with Crippen molar-refractivity contribution in [3.8, 4) is 0 Å². The largest absolute Gasteiger partial charge is 0.378 e. The molecule has 0 radical (unpaired) electrons. The van der Waals surface area contributed by atoms with Gasteiger partial charge in [-0.05, 0) is 18.4 Å². The summed E-state index contributed by atoms with van der Waals surface area (Å²) < 4.78 is 7.54. The van der Waals surface area contributed by atoms with Crippen molar-refractivity contribution in [1.82, 2.24) is 25.4 Å². The second-order valence-corrected chi connectivity index (χ2v) is 7.93. The first-order valence-electron chi connectivity index (χ1n) is 9.72. The molecule has 29 heavy (non-hydrogen) atoms. The average Bonchev–Trinajstić information content (AvgIpc) is 3.51. The fraction of sp³-hybridized carbons (Fsp3) is 0.474. The molecule has 1 aromatic carbocycles. The highest BCUT2D eigenvalue weighted by Gasteiger charge is 2.32. The molecular weight excluding hydrogens is 392 g/mol. The van der Waals surface area contributed by atoms with Crippen molar-refractivity contribution >= 4 is 29.6 Å². The lowest BCUT2D eigenvalue weighted by Gasteiger charge is -2.27. The summed E-state index contributed by atoms with van der Waals surface area (Å²) in [5.74, 6) is 0.588. The van der Waals surface area contributed by atoms with Gasteiger partial charge in [-0.2, -0.15) is 0 Å². The van der Waals surface area contributed by atoms with E-state index in [9.17, 15) is 9.59 Å². The number of nitrogens with zero attached hydrogens (tertiary/aromatic N) is 4. The smallest absolute Gasteiger partial charge is 0.321 e. The highest BCUT2D eigenvalue weighted by Crippen LogP contribution is 2.41. The molecule has 0 unspecified atom stereocenters. The number of imide groups is 1. The van der Waals surface area contributed by atoms with Crippen molar-refractivity contribution in [1.29, 1.82) is 0 Å². The summed E-state index contributed by atoms with van der Waals surface area (Å²) in [6, 6.07) is 9.42. The molecule has 154 valence electrons. The third-order valence-corrected chi connectivity index (χ3v) is 5.68. The Morgan fingerprint density at radius 3 is 2.62 bits per heavy atom. The first-order chi connectivity index (χ1) is 14.2. The van der Waals surface area contributed by atoms with Crippen molar-refractivity contribution in [2.45, 2.75) is 30.6 Å². The summed E-state index contributed by atoms with van der Waals surface area (Å²) in [7, 11) is 0. The van der Waals surface area contributed by atoms with Gasteiger partial charge in [-0.15, -0.1) is 10.2 Å². The van der Waals surface area contributed by atoms with Crippen LogP contribution in [0.4, 0.5) is 10.7 Å². The molecule has 2 N–H and O–H groups in total. The molecule has 1 aromatic heterocycles. The van der Waals surface area contributed by atoms with Crippen LogP contribution in [-0.4, -0.2) is 58.8 Å². The van der Waals surface area contributed by atoms with Crippen LogP contribution in [-0.2, 0) is 16.1 Å². The summed E-state index contributed by atoms with van der Waals surface area (Å²) in [6.07, 6.45) is 2.19. The Labute approximate surface area is 173 Å². The molecule has 0 bridgehead atoms. The van der Waals surface area contributed by atoms with Gasteiger partial charge >= 0.3 is 6.03 Å². The second-order valence-electron chi connectivity index (χ2n) is 6.99. The number of hydrogen-bond acceptors (Lipinski definition) is 7. The SMILES string of the molecule is O=C(CSc1nnc(N2CCOCC2)n1C1CC1)NC(=O)NCc1ccccc1. The maximum absolute atomic E-state index is 12.2. The molecule has 2 heterocycles. The monoisotopic (exact) mass is 416 g/mol. The molecule has 10 heteroatoms. The molecule has 0 atom stereocenters. The Balaban J connectivity index is 1.29. The first-order valence-corrected chi connectivity index (χ1v) is 10.7. The standard InChI is InChI=1S/C19H24N6O3S/c26-16(21-17(27)20-12-14-4-2-1-3-5-14)13-29-19-23-22-18(25(19)15-6-7-15)24-8-10-28-11-9-24/h1-5,15H,6-13H2,(H2,20,21,26,27). The van der Waals surface area contributed by atoms with Crippen molar-refractivity contribution in [3.63, 3.8) is 0 Å². The van der Waals surface area contributed by atoms with Crippen LogP contribution in [0.5, 0.6) is 0 Å². The van der Waals surface area contributed by atoms with E-state index in [1.165, 1.54) is 11.8 Å². The van der Waals surface area contributed by atoms with E-state index >= 15 is 0 Å². The van der Waals surface area contributed by atoms with E-state index in [2.05, 4.69) is 30.3 Å². The van der Waals surface area contributed by atoms with Gasteiger partial charge in [0.25, 0.3) is 0 Å². The number of nitrogens with one attached hydrogen (secondary N) is 2. The average molecular weight is 417 g/mol. The van der Waals surface area contributed by atoms with E-state index in [0.29, 0.717) is 31.0 Å². The zero-order valence-corrected chi connectivity index (χ0v) is 16.9. The van der Waals surface area contributed by atoms with E-state index in [0.717, 1.165) is 37.4 Å². The minimum atomic E-state index is -0.503. The highest BCUT2D eigenvalue weighted by atomic mass is 32.2. The normalized spacial score (nSPS) is 16.5. The molecule has 1 saturated carbocycles. The van der Waals surface area contributed by atoms with Crippen molar-refractivity contribution in [2.75, 3.05) is 37.0 Å². The molecule has 1 saturated heterocycles. The van der Waals surface area contributed by atoms with Crippen LogP contribution < -0.4 is 15.5 Å². The number of hydrogen-bond donors (Lipinski definition) is 2. The zero-order valence-electron chi connectivity index (χ0n) is 16.0. The minimum Gasteiger partial charge on any atom is -0.378 e. The lowest BCUT2D eigenvalue weighted by Crippen LogP contribution is -2.40. The fourth-order valence-electron chi connectivity index (χ4n) is 3.11. The highest BCUT2D eigenvalue weighted by molar-refractivity contribution is 7.99. The van der Waals surface area contributed by atoms with Gasteiger partial charge in [0.15, 0.2) is 5.16 Å². The Morgan fingerprint density at radius 1 is 1.14 bits per heavy atom. The summed E-state index contributed by atoms with van der Waals surface area (Å²) in [5, 5.41) is 14.4. The number of rotatable bonds is 7. The Kier molecular flexibility index (Phi) is 6.30. The van der Waals surface area contributed by atoms with Crippen molar-refractivity contribution < 1.29 is 14.3 Å². The Hall–Kier alpha value is -2.59. The van der Waals surface area contributed by atoms with Crippen LogP contribution in [0.25, 0.3) is 0 Å². The molecule has 1 aliphatic heterocycles. The number of thioether (sulfide) groups is 1. The van der Waals surface area contributed by atoms with E-state index in [1.54, 1.807) is 0 Å². The van der Waals surface area contributed by atoms with Gasteiger partial charge in [0.05, 0.1) is 19.0 Å². The van der Waals surface area contributed by atoms with Gasteiger partial charge in [-0.1, -0.05) is 42.1 Å². The number of carbonyl (C=O) groups excluding carboxylic acids is 2. The maximum Gasteiger partial charge on any atom is 0.321 e. The lowest BCUT2D eigenvalue weighted by molar-refractivity contribution is -0.117. The number of carbonyl (C=O) groups is 2. The molecule has 2 aliphatic rings. The number of benzene rings is 1. The van der Waals surface area contributed by atoms with Gasteiger partial charge in [-0.25, -0.2) is 4.79 Å². The third kappa shape index (κ3) is 5.27. The molecule has 4 rings (SSSR count). The second kappa shape index (κ2) is 9.27. The predicted molar refractivity (Wildman–Crippen MR) is 109 cm³/mol.